The van der Waals surface area contributed by atoms with Crippen LogP contribution in [-0.2, 0) is 16.4 Å². The number of unbranched alkanes of at least 4 members (excludes halogenated alkanes) is 1. The predicted octanol–water partition coefficient (Wildman–Crippen LogP) is 4.38. The topological polar surface area (TPSA) is 101 Å². The SMILES string of the molecule is CCCCc1nnc(NC(=O)c2cccc(NS(=O)(=O)c3ccc(C)c(F)c3)c2)s1. The summed E-state index contributed by atoms with van der Waals surface area (Å²) in [5.74, 6) is -1.04. The zero-order chi connectivity index (χ0) is 21.7. The Kier molecular flexibility index (Phi) is 6.78. The number of sulfonamides is 1. The van der Waals surface area contributed by atoms with Gasteiger partial charge in [0.25, 0.3) is 15.9 Å². The first-order chi connectivity index (χ1) is 14.3. The molecule has 0 aliphatic carbocycles. The third-order valence-electron chi connectivity index (χ3n) is 4.26. The molecule has 0 aliphatic heterocycles. The van der Waals surface area contributed by atoms with E-state index in [-0.39, 0.29) is 16.1 Å². The third-order valence-corrected chi connectivity index (χ3v) is 6.54. The first-order valence-electron chi connectivity index (χ1n) is 9.31. The van der Waals surface area contributed by atoms with Gasteiger partial charge in [-0.15, -0.1) is 10.2 Å². The number of rotatable bonds is 8. The maximum absolute atomic E-state index is 13.7. The molecule has 0 fully saturated rings. The summed E-state index contributed by atoms with van der Waals surface area (Å²) >= 11 is 1.31. The van der Waals surface area contributed by atoms with E-state index in [4.69, 9.17) is 0 Å². The van der Waals surface area contributed by atoms with Gasteiger partial charge in [-0.25, -0.2) is 12.8 Å². The molecule has 0 atom stereocenters. The molecule has 2 aromatic carbocycles. The van der Waals surface area contributed by atoms with E-state index < -0.39 is 21.7 Å². The average Bonchev–Trinajstić information content (AvgIpc) is 3.15. The molecule has 0 saturated carbocycles. The van der Waals surface area contributed by atoms with E-state index in [1.807, 2.05) is 0 Å². The maximum Gasteiger partial charge on any atom is 0.261 e. The monoisotopic (exact) mass is 448 g/mol. The molecule has 1 amide bonds. The van der Waals surface area contributed by atoms with Crippen LogP contribution in [0.1, 0.15) is 40.7 Å². The number of hydrogen-bond donors (Lipinski definition) is 2. The lowest BCUT2D eigenvalue weighted by Crippen LogP contribution is -2.15. The molecule has 30 heavy (non-hydrogen) atoms. The molecule has 10 heteroatoms. The zero-order valence-corrected chi connectivity index (χ0v) is 18.1. The number of anilines is 2. The van der Waals surface area contributed by atoms with E-state index in [9.17, 15) is 17.6 Å². The molecular formula is C20H21FN4O3S2. The second-order valence-corrected chi connectivity index (χ2v) is 9.40. The standard InChI is InChI=1S/C20H21FN4O3S2/c1-3-4-8-18-23-24-20(29-18)22-19(26)14-6-5-7-15(11-14)25-30(27,28)16-10-9-13(2)17(21)12-16/h5-7,9-12,25H,3-4,8H2,1-2H3,(H,22,24,26). The highest BCUT2D eigenvalue weighted by Crippen LogP contribution is 2.21. The van der Waals surface area contributed by atoms with Gasteiger partial charge in [0.2, 0.25) is 5.13 Å². The van der Waals surface area contributed by atoms with E-state index in [0.717, 1.165) is 30.3 Å². The van der Waals surface area contributed by atoms with Crippen LogP contribution in [0.25, 0.3) is 0 Å². The molecule has 1 heterocycles. The fourth-order valence-corrected chi connectivity index (χ4v) is 4.42. The molecule has 3 rings (SSSR count). The van der Waals surface area contributed by atoms with Gasteiger partial charge in [0.05, 0.1) is 4.90 Å². The smallest absolute Gasteiger partial charge is 0.261 e. The van der Waals surface area contributed by atoms with Gasteiger partial charge >= 0.3 is 0 Å². The van der Waals surface area contributed by atoms with Crippen molar-refractivity contribution < 1.29 is 17.6 Å². The molecule has 0 saturated heterocycles. The Morgan fingerprint density at radius 3 is 2.70 bits per heavy atom. The summed E-state index contributed by atoms with van der Waals surface area (Å²) < 4.78 is 41.2. The van der Waals surface area contributed by atoms with Gasteiger partial charge in [-0.05, 0) is 49.2 Å². The summed E-state index contributed by atoms with van der Waals surface area (Å²) in [7, 11) is -4.00. The second-order valence-electron chi connectivity index (χ2n) is 6.66. The highest BCUT2D eigenvalue weighted by Gasteiger charge is 2.17. The van der Waals surface area contributed by atoms with Crippen molar-refractivity contribution in [2.75, 3.05) is 10.0 Å². The van der Waals surface area contributed by atoms with Crippen molar-refractivity contribution in [2.45, 2.75) is 38.0 Å². The van der Waals surface area contributed by atoms with Crippen molar-refractivity contribution >= 4 is 38.1 Å². The van der Waals surface area contributed by atoms with E-state index in [0.29, 0.717) is 10.7 Å². The number of nitrogens with zero attached hydrogens (tertiary/aromatic N) is 2. The molecule has 2 N–H and O–H groups in total. The lowest BCUT2D eigenvalue weighted by Gasteiger charge is -2.10. The number of aromatic nitrogens is 2. The Balaban J connectivity index is 1.72. The first kappa shape index (κ1) is 21.8. The van der Waals surface area contributed by atoms with Gasteiger partial charge in [-0.1, -0.05) is 36.8 Å². The van der Waals surface area contributed by atoms with Crippen molar-refractivity contribution in [3.8, 4) is 0 Å². The summed E-state index contributed by atoms with van der Waals surface area (Å²) in [5.41, 5.74) is 0.780. The molecule has 7 nitrogen and oxygen atoms in total. The Bertz CT molecular complexity index is 1160. The van der Waals surface area contributed by atoms with Crippen LogP contribution in [0.4, 0.5) is 15.2 Å². The van der Waals surface area contributed by atoms with Crippen molar-refractivity contribution in [1.29, 1.82) is 0 Å². The van der Waals surface area contributed by atoms with Crippen LogP contribution in [0.5, 0.6) is 0 Å². The van der Waals surface area contributed by atoms with Crippen molar-refractivity contribution in [3.05, 3.63) is 64.4 Å². The Labute approximate surface area is 178 Å². The number of hydrogen-bond acceptors (Lipinski definition) is 6. The molecule has 0 bridgehead atoms. The van der Waals surface area contributed by atoms with E-state index in [1.54, 1.807) is 19.1 Å². The number of aryl methyl sites for hydroxylation is 2. The van der Waals surface area contributed by atoms with Crippen molar-refractivity contribution in [3.63, 3.8) is 0 Å². The van der Waals surface area contributed by atoms with Crippen LogP contribution in [0.3, 0.4) is 0 Å². The van der Waals surface area contributed by atoms with Crippen LogP contribution in [0.2, 0.25) is 0 Å². The summed E-state index contributed by atoms with van der Waals surface area (Å²) in [6.07, 6.45) is 2.84. The Hall–Kier alpha value is -2.85. The maximum atomic E-state index is 13.7. The Morgan fingerprint density at radius 2 is 1.97 bits per heavy atom. The molecule has 0 aliphatic rings. The van der Waals surface area contributed by atoms with Gasteiger partial charge in [0.1, 0.15) is 10.8 Å². The fourth-order valence-electron chi connectivity index (χ4n) is 2.58. The zero-order valence-electron chi connectivity index (χ0n) is 16.5. The predicted molar refractivity (Wildman–Crippen MR) is 115 cm³/mol. The lowest BCUT2D eigenvalue weighted by atomic mass is 10.2. The number of halogens is 1. The Morgan fingerprint density at radius 1 is 1.17 bits per heavy atom. The molecule has 0 radical (unpaired) electrons. The number of carbonyl (C=O) groups is 1. The van der Waals surface area contributed by atoms with Crippen LogP contribution in [0, 0.1) is 12.7 Å². The molecule has 0 unspecified atom stereocenters. The van der Waals surface area contributed by atoms with Gasteiger partial charge in [-0.3, -0.25) is 14.8 Å². The van der Waals surface area contributed by atoms with Crippen molar-refractivity contribution in [1.82, 2.24) is 10.2 Å². The van der Waals surface area contributed by atoms with E-state index >= 15 is 0 Å². The van der Waals surface area contributed by atoms with Crippen molar-refractivity contribution in [2.24, 2.45) is 0 Å². The first-order valence-corrected chi connectivity index (χ1v) is 11.6. The van der Waals surface area contributed by atoms with Crippen LogP contribution in [-0.4, -0.2) is 24.5 Å². The minimum atomic E-state index is -4.00. The minimum Gasteiger partial charge on any atom is -0.296 e. The summed E-state index contributed by atoms with van der Waals surface area (Å²) in [5, 5.41) is 11.9. The normalized spacial score (nSPS) is 11.3. The fraction of sp³-hybridized carbons (Fsp3) is 0.250. The summed E-state index contributed by atoms with van der Waals surface area (Å²) in [4.78, 5) is 12.3. The average molecular weight is 449 g/mol. The van der Waals surface area contributed by atoms with E-state index in [2.05, 4.69) is 27.2 Å². The van der Waals surface area contributed by atoms with Crippen LogP contribution >= 0.6 is 11.3 Å². The third kappa shape index (κ3) is 5.39. The highest BCUT2D eigenvalue weighted by molar-refractivity contribution is 7.92. The van der Waals surface area contributed by atoms with Gasteiger partial charge in [-0.2, -0.15) is 0 Å². The van der Waals surface area contributed by atoms with E-state index in [1.165, 1.54) is 35.6 Å². The minimum absolute atomic E-state index is 0.185. The molecule has 3 aromatic rings. The van der Waals surface area contributed by atoms with Crippen LogP contribution < -0.4 is 10.0 Å². The number of amides is 1. The summed E-state index contributed by atoms with van der Waals surface area (Å²) in [6, 6.07) is 9.68. The second kappa shape index (κ2) is 9.31. The largest absolute Gasteiger partial charge is 0.296 e. The van der Waals surface area contributed by atoms with Crippen LogP contribution in [0.15, 0.2) is 47.4 Å². The quantitative estimate of drug-likeness (QED) is 0.533. The summed E-state index contributed by atoms with van der Waals surface area (Å²) in [6.45, 7) is 3.63. The number of benzene rings is 2. The molecule has 158 valence electrons. The molecule has 0 spiro atoms. The number of carbonyl (C=O) groups excluding carboxylic acids is 1. The number of nitrogens with one attached hydrogen (secondary N) is 2. The van der Waals surface area contributed by atoms with Gasteiger partial charge in [0.15, 0.2) is 0 Å². The van der Waals surface area contributed by atoms with Gasteiger partial charge in [0, 0.05) is 17.7 Å². The molecule has 1 aromatic heterocycles. The molecular weight excluding hydrogens is 427 g/mol. The lowest BCUT2D eigenvalue weighted by molar-refractivity contribution is 0.102. The highest BCUT2D eigenvalue weighted by atomic mass is 32.2. The van der Waals surface area contributed by atoms with Gasteiger partial charge < -0.3 is 0 Å².